The molecule has 8 nitrogen and oxygen atoms in total. The highest BCUT2D eigenvalue weighted by atomic mass is 16.6. The van der Waals surface area contributed by atoms with Gasteiger partial charge < -0.3 is 20.6 Å². The van der Waals surface area contributed by atoms with E-state index in [0.717, 1.165) is 56.9 Å². The molecule has 1 aromatic carbocycles. The SMILES string of the molecule is C[C@H](CCC(=O)NCc1ccc([N+](=O)[O-])cc1)[C@H]1CC[C@H]2[C@@H]3[C@H](O)C[C@@H]4C[C@H](O)CC[C@]4(C)[C@H]3C[C@H](O)[C@]12C. The maximum atomic E-state index is 12.6. The van der Waals surface area contributed by atoms with E-state index in [1.54, 1.807) is 12.1 Å². The number of rotatable bonds is 7. The van der Waals surface area contributed by atoms with Gasteiger partial charge in [-0.25, -0.2) is 0 Å². The second-order valence-electron chi connectivity index (χ2n) is 13.7. The van der Waals surface area contributed by atoms with Gasteiger partial charge in [-0.05, 0) is 103 Å². The van der Waals surface area contributed by atoms with Crippen molar-refractivity contribution in [3.63, 3.8) is 0 Å². The lowest BCUT2D eigenvalue weighted by Crippen LogP contribution is -2.62. The van der Waals surface area contributed by atoms with Crippen LogP contribution in [0.4, 0.5) is 5.69 Å². The maximum Gasteiger partial charge on any atom is 0.269 e. The number of nitrogens with one attached hydrogen (secondary N) is 1. The number of non-ortho nitro benzene ring substituents is 1. The van der Waals surface area contributed by atoms with Crippen molar-refractivity contribution in [2.24, 2.45) is 46.3 Å². The number of hydrogen-bond acceptors (Lipinski definition) is 6. The minimum absolute atomic E-state index is 0.0330. The number of nitro benzene ring substituents is 1. The van der Waals surface area contributed by atoms with Crippen molar-refractivity contribution < 1.29 is 25.0 Å². The molecule has 0 aromatic heterocycles. The van der Waals surface area contributed by atoms with E-state index in [-0.39, 0.29) is 58.3 Å². The van der Waals surface area contributed by atoms with Crippen LogP contribution >= 0.6 is 0 Å². The van der Waals surface area contributed by atoms with E-state index in [4.69, 9.17) is 0 Å². The molecular weight excluding hydrogens is 496 g/mol. The first-order valence-corrected chi connectivity index (χ1v) is 15.0. The number of fused-ring (bicyclic) bond motifs is 5. The van der Waals surface area contributed by atoms with Crippen molar-refractivity contribution in [2.75, 3.05) is 0 Å². The topological polar surface area (TPSA) is 133 Å². The van der Waals surface area contributed by atoms with Crippen molar-refractivity contribution >= 4 is 11.6 Å². The van der Waals surface area contributed by atoms with Crippen LogP contribution in [-0.2, 0) is 11.3 Å². The molecule has 39 heavy (non-hydrogen) atoms. The summed E-state index contributed by atoms with van der Waals surface area (Å²) >= 11 is 0. The molecule has 216 valence electrons. The Balaban J connectivity index is 1.21. The van der Waals surface area contributed by atoms with Gasteiger partial charge in [0.05, 0.1) is 23.2 Å². The van der Waals surface area contributed by atoms with E-state index < -0.39 is 11.0 Å². The molecule has 4 aliphatic carbocycles. The van der Waals surface area contributed by atoms with Crippen molar-refractivity contribution in [3.8, 4) is 0 Å². The van der Waals surface area contributed by atoms with Gasteiger partial charge in [0.15, 0.2) is 0 Å². The number of nitro groups is 1. The zero-order valence-electron chi connectivity index (χ0n) is 23.6. The molecule has 0 heterocycles. The molecule has 4 fully saturated rings. The van der Waals surface area contributed by atoms with Crippen LogP contribution in [0.3, 0.4) is 0 Å². The normalized spacial score (nSPS) is 42.1. The molecule has 1 aromatic rings. The number of carbonyl (C=O) groups is 1. The summed E-state index contributed by atoms with van der Waals surface area (Å²) < 4.78 is 0. The summed E-state index contributed by atoms with van der Waals surface area (Å²) in [6.07, 6.45) is 6.11. The van der Waals surface area contributed by atoms with Gasteiger partial charge in [0.1, 0.15) is 0 Å². The minimum atomic E-state index is -0.436. The summed E-state index contributed by atoms with van der Waals surface area (Å²) in [5.41, 5.74) is 0.651. The molecule has 4 saturated carbocycles. The molecule has 0 spiro atoms. The van der Waals surface area contributed by atoms with Crippen LogP contribution in [0.1, 0.15) is 84.1 Å². The van der Waals surface area contributed by atoms with E-state index in [1.807, 2.05) is 0 Å². The Morgan fingerprint density at radius 1 is 1.08 bits per heavy atom. The first kappa shape index (κ1) is 28.5. The van der Waals surface area contributed by atoms with Crippen LogP contribution < -0.4 is 5.32 Å². The number of benzene rings is 1. The number of carbonyl (C=O) groups excluding carboxylic acids is 1. The zero-order chi connectivity index (χ0) is 28.1. The Hall–Kier alpha value is -2.03. The van der Waals surface area contributed by atoms with Gasteiger partial charge in [0, 0.05) is 25.1 Å². The summed E-state index contributed by atoms with van der Waals surface area (Å²) in [7, 11) is 0. The Kier molecular flexibility index (Phi) is 7.85. The zero-order valence-corrected chi connectivity index (χ0v) is 23.6. The van der Waals surface area contributed by atoms with Crippen LogP contribution in [0, 0.1) is 56.5 Å². The molecule has 11 atom stereocenters. The lowest BCUT2D eigenvalue weighted by molar-refractivity contribution is -0.384. The largest absolute Gasteiger partial charge is 0.393 e. The fraction of sp³-hybridized carbons (Fsp3) is 0.774. The van der Waals surface area contributed by atoms with Gasteiger partial charge in [0.25, 0.3) is 5.69 Å². The number of amides is 1. The van der Waals surface area contributed by atoms with Gasteiger partial charge in [-0.15, -0.1) is 0 Å². The monoisotopic (exact) mass is 542 g/mol. The fourth-order valence-corrected chi connectivity index (χ4v) is 9.72. The van der Waals surface area contributed by atoms with Crippen LogP contribution in [0.2, 0.25) is 0 Å². The molecule has 0 bridgehead atoms. The molecule has 5 rings (SSSR count). The molecule has 0 aliphatic heterocycles. The van der Waals surface area contributed by atoms with Gasteiger partial charge in [-0.1, -0.05) is 32.9 Å². The first-order chi connectivity index (χ1) is 18.4. The highest BCUT2D eigenvalue weighted by molar-refractivity contribution is 5.75. The number of aliphatic hydroxyl groups excluding tert-OH is 3. The van der Waals surface area contributed by atoms with Crippen molar-refractivity contribution in [2.45, 2.75) is 103 Å². The molecule has 0 saturated heterocycles. The Morgan fingerprint density at radius 3 is 2.49 bits per heavy atom. The van der Waals surface area contributed by atoms with Crippen LogP contribution in [-0.4, -0.2) is 44.5 Å². The van der Waals surface area contributed by atoms with E-state index in [1.165, 1.54) is 12.1 Å². The Labute approximate surface area is 231 Å². The van der Waals surface area contributed by atoms with Crippen LogP contribution in [0.25, 0.3) is 0 Å². The lowest BCUT2D eigenvalue weighted by Gasteiger charge is -2.63. The Morgan fingerprint density at radius 2 is 1.79 bits per heavy atom. The molecular formula is C31H46N2O6. The first-order valence-electron chi connectivity index (χ1n) is 15.0. The molecule has 8 heteroatoms. The average Bonchev–Trinajstić information content (AvgIpc) is 3.26. The highest BCUT2D eigenvalue weighted by Crippen LogP contribution is 2.68. The van der Waals surface area contributed by atoms with E-state index >= 15 is 0 Å². The smallest absolute Gasteiger partial charge is 0.269 e. The average molecular weight is 543 g/mol. The molecule has 1 amide bonds. The predicted octanol–water partition coefficient (Wildman–Crippen LogP) is 4.59. The van der Waals surface area contributed by atoms with Crippen molar-refractivity contribution in [1.82, 2.24) is 5.32 Å². The highest BCUT2D eigenvalue weighted by Gasteiger charge is 2.65. The van der Waals surface area contributed by atoms with Crippen LogP contribution in [0.5, 0.6) is 0 Å². The summed E-state index contributed by atoms with van der Waals surface area (Å²) in [6.45, 7) is 7.14. The second kappa shape index (κ2) is 10.7. The van der Waals surface area contributed by atoms with Gasteiger partial charge in [-0.2, -0.15) is 0 Å². The fourth-order valence-electron chi connectivity index (χ4n) is 9.72. The Bertz CT molecular complexity index is 1060. The van der Waals surface area contributed by atoms with E-state index in [2.05, 4.69) is 26.1 Å². The van der Waals surface area contributed by atoms with Gasteiger partial charge in [0.2, 0.25) is 5.91 Å². The molecule has 4 N–H and O–H groups in total. The summed E-state index contributed by atoms with van der Waals surface area (Å²) in [6, 6.07) is 6.22. The molecule has 4 aliphatic rings. The number of hydrogen-bond donors (Lipinski definition) is 4. The standard InChI is InChI=1S/C31H46N2O6/c1-18(4-11-28(37)32-17-19-5-7-21(8-6-19)33(38)39)23-9-10-24-29-25(16-27(36)31(23,24)3)30(2)13-12-22(34)14-20(30)15-26(29)35/h5-8,18,20,22-27,29,34-36H,4,9-17H2,1-3H3,(H,32,37)/t18-,20+,22-,23-,24+,25+,26-,27+,29+,30+,31-/m1/s1. The van der Waals surface area contributed by atoms with E-state index in [9.17, 15) is 30.2 Å². The van der Waals surface area contributed by atoms with Crippen LogP contribution in [0.15, 0.2) is 24.3 Å². The lowest BCUT2D eigenvalue weighted by atomic mass is 9.43. The summed E-state index contributed by atoms with van der Waals surface area (Å²) in [5.74, 6) is 1.59. The quantitative estimate of drug-likeness (QED) is 0.294. The number of nitrogens with zero attached hydrogens (tertiary/aromatic N) is 1. The predicted molar refractivity (Wildman–Crippen MR) is 147 cm³/mol. The minimum Gasteiger partial charge on any atom is -0.393 e. The maximum absolute atomic E-state index is 12.6. The third-order valence-corrected chi connectivity index (χ3v) is 12.0. The van der Waals surface area contributed by atoms with Crippen molar-refractivity contribution in [3.05, 3.63) is 39.9 Å². The van der Waals surface area contributed by atoms with Gasteiger partial charge in [-0.3, -0.25) is 14.9 Å². The number of aliphatic hydroxyl groups is 3. The third-order valence-electron chi connectivity index (χ3n) is 12.0. The summed E-state index contributed by atoms with van der Waals surface area (Å²) in [4.78, 5) is 23.0. The summed E-state index contributed by atoms with van der Waals surface area (Å²) in [5, 5.41) is 47.2. The van der Waals surface area contributed by atoms with E-state index in [0.29, 0.717) is 24.8 Å². The molecule has 0 unspecified atom stereocenters. The molecule has 0 radical (unpaired) electrons. The van der Waals surface area contributed by atoms with Crippen molar-refractivity contribution in [1.29, 1.82) is 0 Å². The second-order valence-corrected chi connectivity index (χ2v) is 13.7. The van der Waals surface area contributed by atoms with Gasteiger partial charge >= 0.3 is 0 Å². The third kappa shape index (κ3) is 5.02.